The van der Waals surface area contributed by atoms with Crippen LogP contribution in [-0.2, 0) is 15.6 Å². The summed E-state index contributed by atoms with van der Waals surface area (Å²) in [6.07, 6.45) is 1.19. The quantitative estimate of drug-likeness (QED) is 0.873. The second-order valence-corrected chi connectivity index (χ2v) is 7.67. The Morgan fingerprint density at radius 1 is 1.20 bits per heavy atom. The normalized spacial score (nSPS) is 11.5. The molecular weight excluding hydrogens is 316 g/mol. The van der Waals surface area contributed by atoms with Gasteiger partial charge in [0.15, 0.2) is 9.84 Å². The van der Waals surface area contributed by atoms with Gasteiger partial charge < -0.3 is 5.73 Å². The van der Waals surface area contributed by atoms with Crippen LogP contribution in [0.5, 0.6) is 0 Å². The summed E-state index contributed by atoms with van der Waals surface area (Å²) in [6, 6.07) is 10.1. The van der Waals surface area contributed by atoms with E-state index in [1.54, 1.807) is 36.4 Å². The van der Waals surface area contributed by atoms with E-state index in [1.807, 2.05) is 0 Å². The standard InChI is InChI=1S/C13H13ClN2O2S2/c1-20(17,18)10-4-2-9(3-5-10)19-8-12-11(14)6-7-13(15)16-12/h2-7H,8H2,1H3,(H2,15,16). The molecule has 0 saturated carbocycles. The Morgan fingerprint density at radius 3 is 2.45 bits per heavy atom. The van der Waals surface area contributed by atoms with E-state index in [0.29, 0.717) is 27.2 Å². The van der Waals surface area contributed by atoms with Gasteiger partial charge >= 0.3 is 0 Å². The summed E-state index contributed by atoms with van der Waals surface area (Å²) in [5.41, 5.74) is 6.33. The third-order valence-corrected chi connectivity index (χ3v) is 5.06. The Kier molecular flexibility index (Phi) is 4.57. The summed E-state index contributed by atoms with van der Waals surface area (Å²) in [7, 11) is -3.16. The van der Waals surface area contributed by atoms with E-state index in [-0.39, 0.29) is 0 Å². The molecule has 2 rings (SSSR count). The summed E-state index contributed by atoms with van der Waals surface area (Å²) in [5.74, 6) is 1.000. The van der Waals surface area contributed by atoms with Crippen molar-refractivity contribution in [2.45, 2.75) is 15.5 Å². The van der Waals surface area contributed by atoms with Gasteiger partial charge in [-0.2, -0.15) is 0 Å². The molecule has 0 fully saturated rings. The lowest BCUT2D eigenvalue weighted by molar-refractivity contribution is 0.602. The van der Waals surface area contributed by atoms with Crippen LogP contribution in [0.1, 0.15) is 5.69 Å². The molecule has 0 unspecified atom stereocenters. The fourth-order valence-corrected chi connectivity index (χ4v) is 3.27. The van der Waals surface area contributed by atoms with E-state index in [1.165, 1.54) is 18.0 Å². The van der Waals surface area contributed by atoms with Crippen LogP contribution in [0.15, 0.2) is 46.2 Å². The monoisotopic (exact) mass is 328 g/mol. The van der Waals surface area contributed by atoms with Crippen LogP contribution >= 0.6 is 23.4 Å². The van der Waals surface area contributed by atoms with Crippen LogP contribution in [-0.4, -0.2) is 19.7 Å². The second-order valence-electron chi connectivity index (χ2n) is 4.20. The molecule has 1 heterocycles. The summed E-state index contributed by atoms with van der Waals surface area (Å²) in [4.78, 5) is 5.42. The largest absolute Gasteiger partial charge is 0.384 e. The smallest absolute Gasteiger partial charge is 0.175 e. The van der Waals surface area contributed by atoms with Gasteiger partial charge in [-0.15, -0.1) is 11.8 Å². The number of aromatic nitrogens is 1. The minimum absolute atomic E-state index is 0.307. The van der Waals surface area contributed by atoms with E-state index >= 15 is 0 Å². The highest BCUT2D eigenvalue weighted by Crippen LogP contribution is 2.27. The number of thioether (sulfide) groups is 1. The molecular formula is C13H13ClN2O2S2. The molecule has 2 aromatic rings. The van der Waals surface area contributed by atoms with Gasteiger partial charge in [-0.25, -0.2) is 13.4 Å². The summed E-state index contributed by atoms with van der Waals surface area (Å²) in [6.45, 7) is 0. The number of pyridine rings is 1. The zero-order valence-electron chi connectivity index (χ0n) is 10.7. The number of anilines is 1. The molecule has 0 aliphatic heterocycles. The first-order valence-electron chi connectivity index (χ1n) is 5.70. The third-order valence-electron chi connectivity index (χ3n) is 2.57. The van der Waals surface area contributed by atoms with E-state index < -0.39 is 9.84 Å². The van der Waals surface area contributed by atoms with Gasteiger partial charge in [0.25, 0.3) is 0 Å². The van der Waals surface area contributed by atoms with Crippen molar-refractivity contribution in [1.82, 2.24) is 4.98 Å². The molecule has 0 atom stereocenters. The molecule has 0 aliphatic carbocycles. The zero-order valence-corrected chi connectivity index (χ0v) is 13.1. The average molecular weight is 329 g/mol. The lowest BCUT2D eigenvalue weighted by Gasteiger charge is -2.05. The molecule has 0 spiro atoms. The first-order valence-corrected chi connectivity index (χ1v) is 8.95. The van der Waals surface area contributed by atoms with Crippen molar-refractivity contribution >= 4 is 39.0 Å². The highest BCUT2D eigenvalue weighted by Gasteiger charge is 2.07. The summed E-state index contributed by atoms with van der Waals surface area (Å²) >= 11 is 7.56. The third kappa shape index (κ3) is 3.88. The van der Waals surface area contributed by atoms with Gasteiger partial charge in [0, 0.05) is 16.9 Å². The predicted octanol–water partition coefficient (Wildman–Crippen LogP) is 3.01. The topological polar surface area (TPSA) is 73.0 Å². The maximum atomic E-state index is 11.4. The number of halogens is 1. The van der Waals surface area contributed by atoms with E-state index in [2.05, 4.69) is 4.98 Å². The van der Waals surface area contributed by atoms with Crippen molar-refractivity contribution in [2.24, 2.45) is 0 Å². The minimum Gasteiger partial charge on any atom is -0.384 e. The summed E-state index contributed by atoms with van der Waals surface area (Å²) in [5, 5.41) is 0.569. The lowest BCUT2D eigenvalue weighted by Crippen LogP contribution is -1.96. The van der Waals surface area contributed by atoms with Crippen LogP contribution in [0.25, 0.3) is 0 Å². The molecule has 0 radical (unpaired) electrons. The van der Waals surface area contributed by atoms with Gasteiger partial charge in [-0.3, -0.25) is 0 Å². The molecule has 0 bridgehead atoms. The molecule has 1 aromatic carbocycles. The minimum atomic E-state index is -3.16. The van der Waals surface area contributed by atoms with Crippen molar-refractivity contribution in [3.8, 4) is 0 Å². The molecule has 0 amide bonds. The van der Waals surface area contributed by atoms with Crippen LogP contribution in [0.2, 0.25) is 5.02 Å². The molecule has 20 heavy (non-hydrogen) atoms. The van der Waals surface area contributed by atoms with E-state index in [9.17, 15) is 8.42 Å². The molecule has 0 aliphatic rings. The van der Waals surface area contributed by atoms with Crippen molar-refractivity contribution in [3.05, 3.63) is 47.1 Å². The van der Waals surface area contributed by atoms with Crippen LogP contribution in [0.4, 0.5) is 5.82 Å². The fourth-order valence-electron chi connectivity index (χ4n) is 1.54. The molecule has 1 aromatic heterocycles. The number of nitrogen functional groups attached to an aromatic ring is 1. The SMILES string of the molecule is CS(=O)(=O)c1ccc(SCc2nc(N)ccc2Cl)cc1. The molecule has 106 valence electrons. The molecule has 0 saturated heterocycles. The number of nitrogens with two attached hydrogens (primary N) is 1. The maximum absolute atomic E-state index is 11.4. The zero-order chi connectivity index (χ0) is 14.8. The van der Waals surface area contributed by atoms with Crippen LogP contribution in [0, 0.1) is 0 Å². The van der Waals surface area contributed by atoms with Crippen molar-refractivity contribution < 1.29 is 8.42 Å². The molecule has 4 nitrogen and oxygen atoms in total. The van der Waals surface area contributed by atoms with Gasteiger partial charge in [-0.1, -0.05) is 11.6 Å². The highest BCUT2D eigenvalue weighted by atomic mass is 35.5. The first-order chi connectivity index (χ1) is 9.36. The van der Waals surface area contributed by atoms with Crippen LogP contribution in [0.3, 0.4) is 0 Å². The van der Waals surface area contributed by atoms with Gasteiger partial charge in [0.05, 0.1) is 15.6 Å². The highest BCUT2D eigenvalue weighted by molar-refractivity contribution is 7.98. The predicted molar refractivity (Wildman–Crippen MR) is 82.8 cm³/mol. The number of sulfone groups is 1. The number of rotatable bonds is 4. The fraction of sp³-hybridized carbons (Fsp3) is 0.154. The Hall–Kier alpha value is -1.24. The van der Waals surface area contributed by atoms with E-state index in [4.69, 9.17) is 17.3 Å². The van der Waals surface area contributed by atoms with Gasteiger partial charge in [0.2, 0.25) is 0 Å². The van der Waals surface area contributed by atoms with E-state index in [0.717, 1.165) is 4.90 Å². The Labute approximate surface area is 127 Å². The van der Waals surface area contributed by atoms with Crippen molar-refractivity contribution in [2.75, 3.05) is 12.0 Å². The number of hydrogen-bond donors (Lipinski definition) is 1. The number of hydrogen-bond acceptors (Lipinski definition) is 5. The van der Waals surface area contributed by atoms with Gasteiger partial charge in [0.1, 0.15) is 5.82 Å². The Balaban J connectivity index is 2.10. The maximum Gasteiger partial charge on any atom is 0.175 e. The van der Waals surface area contributed by atoms with Gasteiger partial charge in [-0.05, 0) is 36.4 Å². The summed E-state index contributed by atoms with van der Waals surface area (Å²) < 4.78 is 22.7. The Bertz CT molecular complexity index is 716. The van der Waals surface area contributed by atoms with Crippen LogP contribution < -0.4 is 5.73 Å². The first kappa shape index (κ1) is 15.2. The second kappa shape index (κ2) is 6.03. The number of benzene rings is 1. The average Bonchev–Trinajstić information content (AvgIpc) is 2.39. The molecule has 2 N–H and O–H groups in total. The Morgan fingerprint density at radius 2 is 1.85 bits per heavy atom. The van der Waals surface area contributed by atoms with Crippen molar-refractivity contribution in [3.63, 3.8) is 0 Å². The number of nitrogens with zero attached hydrogens (tertiary/aromatic N) is 1. The van der Waals surface area contributed by atoms with Crippen molar-refractivity contribution in [1.29, 1.82) is 0 Å². The lowest BCUT2D eigenvalue weighted by atomic mass is 10.4. The molecule has 7 heteroatoms.